The number of rotatable bonds is 6. The largest absolute Gasteiger partial charge is 0.353 e. The van der Waals surface area contributed by atoms with Crippen LogP contribution < -0.4 is 15.5 Å². The topological polar surface area (TPSA) is 103 Å². The Hall–Kier alpha value is -4.09. The van der Waals surface area contributed by atoms with Crippen molar-refractivity contribution in [2.24, 2.45) is 0 Å². The predicted octanol–water partition coefficient (Wildman–Crippen LogP) is 4.40. The van der Waals surface area contributed by atoms with Crippen molar-refractivity contribution >= 4 is 28.2 Å². The van der Waals surface area contributed by atoms with E-state index in [4.69, 9.17) is 9.97 Å². The summed E-state index contributed by atoms with van der Waals surface area (Å²) in [6, 6.07) is 16.3. The van der Waals surface area contributed by atoms with Crippen molar-refractivity contribution in [3.8, 4) is 17.5 Å². The number of aromatic nitrogens is 4. The average Bonchev–Trinajstić information content (AvgIpc) is 3.74. The highest BCUT2D eigenvalue weighted by Crippen LogP contribution is 2.45. The Morgan fingerprint density at radius 1 is 1.11 bits per heavy atom. The van der Waals surface area contributed by atoms with Crippen LogP contribution in [0.25, 0.3) is 22.3 Å². The van der Waals surface area contributed by atoms with E-state index in [1.165, 1.54) is 18.4 Å². The van der Waals surface area contributed by atoms with Crippen LogP contribution in [0.5, 0.6) is 0 Å². The molecular formula is C27H26N8. The molecule has 1 saturated heterocycles. The van der Waals surface area contributed by atoms with Crippen LogP contribution >= 0.6 is 0 Å². The Labute approximate surface area is 204 Å². The third-order valence-electron chi connectivity index (χ3n) is 6.59. The van der Waals surface area contributed by atoms with Crippen molar-refractivity contribution in [1.29, 1.82) is 5.26 Å². The van der Waals surface area contributed by atoms with Gasteiger partial charge in [-0.15, -0.1) is 0 Å². The lowest BCUT2D eigenvalue weighted by Gasteiger charge is -2.34. The van der Waals surface area contributed by atoms with Crippen LogP contribution in [0.3, 0.4) is 0 Å². The SMILES string of the molecule is N#CCC1CN(c2nc(-c3ccnc(Nc4ccccc4)c3)nc3cncc(C4CC4)c23)CCN1. The summed E-state index contributed by atoms with van der Waals surface area (Å²) in [4.78, 5) is 21.4. The molecule has 0 spiro atoms. The van der Waals surface area contributed by atoms with Gasteiger partial charge >= 0.3 is 0 Å². The van der Waals surface area contributed by atoms with Crippen LogP contribution in [-0.4, -0.2) is 45.6 Å². The Kier molecular flexibility index (Phi) is 5.68. The molecule has 0 amide bonds. The molecule has 174 valence electrons. The molecule has 2 fully saturated rings. The molecular weight excluding hydrogens is 436 g/mol. The molecule has 4 heterocycles. The van der Waals surface area contributed by atoms with E-state index in [1.54, 1.807) is 6.20 Å². The van der Waals surface area contributed by atoms with E-state index in [1.807, 2.05) is 54.9 Å². The number of hydrogen-bond donors (Lipinski definition) is 2. The minimum Gasteiger partial charge on any atom is -0.353 e. The van der Waals surface area contributed by atoms with Crippen LogP contribution in [-0.2, 0) is 0 Å². The molecule has 1 atom stereocenters. The summed E-state index contributed by atoms with van der Waals surface area (Å²) in [6.07, 6.45) is 8.44. The smallest absolute Gasteiger partial charge is 0.162 e. The number of nitriles is 1. The maximum absolute atomic E-state index is 9.24. The number of hydrogen-bond acceptors (Lipinski definition) is 8. The lowest BCUT2D eigenvalue weighted by Crippen LogP contribution is -2.51. The van der Waals surface area contributed by atoms with Crippen LogP contribution in [0.15, 0.2) is 61.1 Å². The number of anilines is 3. The normalized spacial score (nSPS) is 17.8. The number of nitrogens with zero attached hydrogens (tertiary/aromatic N) is 6. The van der Waals surface area contributed by atoms with E-state index in [0.717, 1.165) is 53.4 Å². The van der Waals surface area contributed by atoms with Crippen molar-refractivity contribution in [1.82, 2.24) is 25.3 Å². The first-order chi connectivity index (χ1) is 17.3. The Morgan fingerprint density at radius 2 is 2.00 bits per heavy atom. The number of piperazine rings is 1. The molecule has 8 heteroatoms. The molecule has 1 aromatic carbocycles. The van der Waals surface area contributed by atoms with Crippen molar-refractivity contribution in [2.75, 3.05) is 29.9 Å². The maximum atomic E-state index is 9.24. The van der Waals surface area contributed by atoms with Gasteiger partial charge in [-0.25, -0.2) is 15.0 Å². The molecule has 8 nitrogen and oxygen atoms in total. The first-order valence-corrected chi connectivity index (χ1v) is 12.1. The number of nitrogens with one attached hydrogen (secondary N) is 2. The molecule has 2 N–H and O–H groups in total. The predicted molar refractivity (Wildman–Crippen MR) is 136 cm³/mol. The summed E-state index contributed by atoms with van der Waals surface area (Å²) in [5.74, 6) is 2.85. The van der Waals surface area contributed by atoms with E-state index in [2.05, 4.69) is 31.6 Å². The Balaban J connectivity index is 1.43. The fraction of sp³-hybridized carbons (Fsp3) is 0.296. The van der Waals surface area contributed by atoms with Crippen LogP contribution in [0, 0.1) is 11.3 Å². The highest BCUT2D eigenvalue weighted by Gasteiger charge is 2.30. The second kappa shape index (κ2) is 9.28. The van der Waals surface area contributed by atoms with Crippen molar-refractivity contribution in [3.63, 3.8) is 0 Å². The molecule has 1 saturated carbocycles. The monoisotopic (exact) mass is 462 g/mol. The highest BCUT2D eigenvalue weighted by molar-refractivity contribution is 5.94. The van der Waals surface area contributed by atoms with Gasteiger partial charge in [-0.1, -0.05) is 18.2 Å². The summed E-state index contributed by atoms with van der Waals surface area (Å²) in [7, 11) is 0. The summed E-state index contributed by atoms with van der Waals surface area (Å²) in [5.41, 5.74) is 3.96. The van der Waals surface area contributed by atoms with Gasteiger partial charge in [0.2, 0.25) is 0 Å². The summed E-state index contributed by atoms with van der Waals surface area (Å²) in [5, 5.41) is 17.2. The maximum Gasteiger partial charge on any atom is 0.162 e. The second-order valence-electron chi connectivity index (χ2n) is 9.15. The second-order valence-corrected chi connectivity index (χ2v) is 9.15. The number of benzene rings is 1. The number of para-hydroxylation sites is 1. The van der Waals surface area contributed by atoms with Crippen LogP contribution in [0.1, 0.15) is 30.7 Å². The standard InChI is InChI=1S/C27H26N8/c28-10-8-21-17-35(13-12-30-21)27-25-22(18-6-7-18)15-29-16-23(25)33-26(34-27)19-9-11-31-24(14-19)32-20-4-2-1-3-5-20/h1-5,9,11,14-16,18,21,30H,6-8,12-13,17H2,(H,31,32). The van der Waals surface area contributed by atoms with Crippen LogP contribution in [0.2, 0.25) is 0 Å². The van der Waals surface area contributed by atoms with Crippen molar-refractivity contribution in [2.45, 2.75) is 31.2 Å². The molecule has 4 aromatic rings. The third-order valence-corrected chi connectivity index (χ3v) is 6.59. The molecule has 2 aliphatic rings. The van der Waals surface area contributed by atoms with Gasteiger partial charge in [0, 0.05) is 54.7 Å². The van der Waals surface area contributed by atoms with Gasteiger partial charge in [0.05, 0.1) is 24.2 Å². The zero-order valence-electron chi connectivity index (χ0n) is 19.4. The van der Waals surface area contributed by atoms with E-state index in [-0.39, 0.29) is 6.04 Å². The highest BCUT2D eigenvalue weighted by atomic mass is 15.3. The zero-order chi connectivity index (χ0) is 23.6. The minimum absolute atomic E-state index is 0.121. The molecule has 35 heavy (non-hydrogen) atoms. The van der Waals surface area contributed by atoms with Crippen molar-refractivity contribution in [3.05, 3.63) is 66.6 Å². The van der Waals surface area contributed by atoms with E-state index >= 15 is 0 Å². The Bertz CT molecular complexity index is 1390. The quantitative estimate of drug-likeness (QED) is 0.435. The third kappa shape index (κ3) is 4.51. The molecule has 0 bridgehead atoms. The Morgan fingerprint density at radius 3 is 2.83 bits per heavy atom. The molecule has 1 unspecified atom stereocenters. The molecule has 1 aliphatic carbocycles. The van der Waals surface area contributed by atoms with Crippen molar-refractivity contribution < 1.29 is 0 Å². The number of pyridine rings is 2. The van der Waals surface area contributed by atoms with E-state index in [9.17, 15) is 5.26 Å². The fourth-order valence-corrected chi connectivity index (χ4v) is 4.72. The molecule has 3 aromatic heterocycles. The average molecular weight is 463 g/mol. The molecule has 6 rings (SSSR count). The molecule has 0 radical (unpaired) electrons. The lowest BCUT2D eigenvalue weighted by atomic mass is 10.1. The minimum atomic E-state index is 0.121. The summed E-state index contributed by atoms with van der Waals surface area (Å²) < 4.78 is 0. The lowest BCUT2D eigenvalue weighted by molar-refractivity contribution is 0.461. The van der Waals surface area contributed by atoms with Gasteiger partial charge in [0.15, 0.2) is 5.82 Å². The summed E-state index contributed by atoms with van der Waals surface area (Å²) >= 11 is 0. The van der Waals surface area contributed by atoms with Gasteiger partial charge in [-0.2, -0.15) is 5.26 Å². The fourth-order valence-electron chi connectivity index (χ4n) is 4.72. The number of fused-ring (bicyclic) bond motifs is 1. The first kappa shape index (κ1) is 21.4. The van der Waals surface area contributed by atoms with E-state index < -0.39 is 0 Å². The van der Waals surface area contributed by atoms with Gasteiger partial charge in [-0.05, 0) is 48.6 Å². The van der Waals surface area contributed by atoms with Gasteiger partial charge < -0.3 is 15.5 Å². The zero-order valence-corrected chi connectivity index (χ0v) is 19.4. The van der Waals surface area contributed by atoms with Crippen LogP contribution in [0.4, 0.5) is 17.3 Å². The van der Waals surface area contributed by atoms with Gasteiger partial charge in [-0.3, -0.25) is 4.98 Å². The van der Waals surface area contributed by atoms with E-state index in [0.29, 0.717) is 18.2 Å². The van der Waals surface area contributed by atoms with Gasteiger partial charge in [0.25, 0.3) is 0 Å². The molecule has 1 aliphatic heterocycles. The van der Waals surface area contributed by atoms with Gasteiger partial charge in [0.1, 0.15) is 11.6 Å². The summed E-state index contributed by atoms with van der Waals surface area (Å²) in [6.45, 7) is 2.39. The first-order valence-electron chi connectivity index (χ1n) is 12.1.